The van der Waals surface area contributed by atoms with E-state index in [1.54, 1.807) is 17.5 Å². The lowest BCUT2D eigenvalue weighted by atomic mass is 9.98. The van der Waals surface area contributed by atoms with Crippen molar-refractivity contribution in [3.8, 4) is 0 Å². The number of ether oxygens (including phenoxy) is 1. The number of thioether (sulfide) groups is 2. The minimum Gasteiger partial charge on any atom is -0.477 e. The van der Waals surface area contributed by atoms with Crippen LogP contribution in [0.15, 0.2) is 37.3 Å². The first kappa shape index (κ1) is 26.2. The van der Waals surface area contributed by atoms with Gasteiger partial charge in [0.1, 0.15) is 21.8 Å². The zero-order valence-corrected chi connectivity index (χ0v) is 22.4. The molecular weight excluding hydrogens is 555 g/mol. The van der Waals surface area contributed by atoms with Gasteiger partial charge < -0.3 is 20.9 Å². The number of hydrogen-bond donors (Lipinski definition) is 3. The molecule has 16 heteroatoms. The summed E-state index contributed by atoms with van der Waals surface area (Å²) in [5.74, 6) is -2.26. The lowest BCUT2D eigenvalue weighted by Crippen LogP contribution is -2.80. The van der Waals surface area contributed by atoms with Crippen molar-refractivity contribution >= 4 is 74.8 Å². The van der Waals surface area contributed by atoms with E-state index < -0.39 is 39.7 Å². The summed E-state index contributed by atoms with van der Waals surface area (Å²) in [6.07, 6.45) is 0.618. The largest absolute Gasteiger partial charge is 0.477 e. The fraction of sp³-hybridized carbons (Fsp3) is 0.421. The minimum atomic E-state index is -1.73. The second-order valence-electron chi connectivity index (χ2n) is 7.29. The van der Waals surface area contributed by atoms with Crippen LogP contribution in [0.5, 0.6) is 0 Å². The van der Waals surface area contributed by atoms with Crippen LogP contribution in [0.25, 0.3) is 0 Å². The second-order valence-corrected chi connectivity index (χ2v) is 13.3. The molecule has 2 aliphatic heterocycles. The topological polar surface area (TPSA) is 165 Å². The van der Waals surface area contributed by atoms with Gasteiger partial charge in [-0.15, -0.1) is 33.3 Å². The molecule has 3 atom stereocenters. The highest BCUT2D eigenvalue weighted by Crippen LogP contribution is 2.47. The van der Waals surface area contributed by atoms with Crippen LogP contribution in [0.2, 0.25) is 0 Å². The molecule has 2 aliphatic rings. The van der Waals surface area contributed by atoms with E-state index >= 15 is 0 Å². The summed E-state index contributed by atoms with van der Waals surface area (Å²) >= 11 is 5.30. The first-order valence-electron chi connectivity index (χ1n) is 10.1. The Hall–Kier alpha value is -1.82. The number of nitrogens with zero attached hydrogens (tertiary/aromatic N) is 3. The highest BCUT2D eigenvalue weighted by molar-refractivity contribution is 8.01. The predicted molar refractivity (Wildman–Crippen MR) is 135 cm³/mol. The molecule has 2 aromatic heterocycles. The van der Waals surface area contributed by atoms with Crippen molar-refractivity contribution in [1.82, 2.24) is 20.4 Å². The number of nitrogens with one attached hydrogen (secondary N) is 1. The summed E-state index contributed by atoms with van der Waals surface area (Å²) < 4.78 is 19.0. The van der Waals surface area contributed by atoms with Gasteiger partial charge in [0.25, 0.3) is 11.6 Å². The molecule has 4 heterocycles. The van der Waals surface area contributed by atoms with Crippen molar-refractivity contribution < 1.29 is 28.4 Å². The monoisotopic (exact) mass is 575 g/mol. The number of fused-ring (bicyclic) bond motifs is 1. The zero-order valence-electron chi connectivity index (χ0n) is 18.3. The number of aliphatic carboxylic acids is 1. The van der Waals surface area contributed by atoms with Gasteiger partial charge in [-0.3, -0.25) is 18.7 Å². The summed E-state index contributed by atoms with van der Waals surface area (Å²) in [5.41, 5.74) is 4.25. The van der Waals surface area contributed by atoms with Crippen molar-refractivity contribution in [2.45, 2.75) is 26.1 Å². The highest BCUT2D eigenvalue weighted by Gasteiger charge is 2.66. The predicted octanol–water partition coefficient (Wildman–Crippen LogP) is 0.713. The van der Waals surface area contributed by atoms with Gasteiger partial charge in [0.2, 0.25) is 5.91 Å². The maximum absolute atomic E-state index is 13.2. The Morgan fingerprint density at radius 1 is 1.46 bits per heavy atom. The molecule has 2 amide bonds. The third-order valence-electron chi connectivity index (χ3n) is 5.12. The van der Waals surface area contributed by atoms with E-state index in [1.165, 1.54) is 53.3 Å². The number of thiophene rings is 1. The Morgan fingerprint density at radius 2 is 2.26 bits per heavy atom. The van der Waals surface area contributed by atoms with Crippen LogP contribution >= 0.6 is 46.2 Å². The van der Waals surface area contributed by atoms with Crippen LogP contribution in [0, 0.1) is 0 Å². The smallest absolute Gasteiger partial charge is 0.352 e. The molecule has 1 unspecified atom stereocenters. The normalized spacial score (nSPS) is 22.5. The van der Waals surface area contributed by atoms with Gasteiger partial charge in [-0.25, -0.2) is 4.79 Å². The maximum Gasteiger partial charge on any atom is 0.352 e. The SMILES string of the molecule is CO[C@@]1(NC(=O)CS(=O)c2cccs2)C(=O)N2C(C(=O)O)=C(CSc3nnc(CCN)s3)CS[C@H]21. The molecule has 0 aromatic carbocycles. The van der Waals surface area contributed by atoms with E-state index in [-0.39, 0.29) is 11.4 Å². The summed E-state index contributed by atoms with van der Waals surface area (Å²) in [7, 11) is -0.289. The summed E-state index contributed by atoms with van der Waals surface area (Å²) in [4.78, 5) is 39.1. The Kier molecular flexibility index (Phi) is 8.30. The van der Waals surface area contributed by atoms with E-state index in [4.69, 9.17) is 10.5 Å². The number of carbonyl (C=O) groups is 3. The van der Waals surface area contributed by atoms with Crippen LogP contribution in [0.4, 0.5) is 0 Å². The lowest BCUT2D eigenvalue weighted by Gasteiger charge is -2.55. The molecule has 2 aromatic rings. The molecule has 0 bridgehead atoms. The Balaban J connectivity index is 1.47. The Labute approximate surface area is 219 Å². The molecule has 4 rings (SSSR count). The number of β-lactam (4-membered cyclic amide) rings is 1. The third kappa shape index (κ3) is 5.19. The van der Waals surface area contributed by atoms with E-state index in [0.717, 1.165) is 9.91 Å². The van der Waals surface area contributed by atoms with Gasteiger partial charge in [-0.05, 0) is 23.6 Å². The average Bonchev–Trinajstić information content (AvgIpc) is 3.53. The third-order valence-corrected chi connectivity index (χ3v) is 11.3. The van der Waals surface area contributed by atoms with Gasteiger partial charge in [-0.1, -0.05) is 29.2 Å². The quantitative estimate of drug-likeness (QED) is 0.196. The zero-order chi connectivity index (χ0) is 25.2. The molecule has 0 spiro atoms. The molecule has 0 radical (unpaired) electrons. The van der Waals surface area contributed by atoms with Gasteiger partial charge in [-0.2, -0.15) is 0 Å². The average molecular weight is 576 g/mol. The van der Waals surface area contributed by atoms with Crippen LogP contribution < -0.4 is 11.1 Å². The lowest BCUT2D eigenvalue weighted by molar-refractivity contribution is -0.192. The number of methoxy groups -OCH3 is 1. The van der Waals surface area contributed by atoms with Crippen LogP contribution in [-0.4, -0.2) is 84.2 Å². The Morgan fingerprint density at radius 3 is 2.91 bits per heavy atom. The number of amides is 2. The minimum absolute atomic E-state index is 0.123. The number of carboxylic acids is 1. The van der Waals surface area contributed by atoms with Crippen molar-refractivity contribution in [3.63, 3.8) is 0 Å². The van der Waals surface area contributed by atoms with Crippen LogP contribution in [0.3, 0.4) is 0 Å². The highest BCUT2D eigenvalue weighted by atomic mass is 32.2. The molecule has 4 N–H and O–H groups in total. The maximum atomic E-state index is 13.2. The van der Waals surface area contributed by atoms with Crippen molar-refractivity contribution in [3.05, 3.63) is 33.8 Å². The summed E-state index contributed by atoms with van der Waals surface area (Å²) in [5, 5.41) is 22.4. The number of carboxylic acid groups (broad SMARTS) is 1. The molecule has 1 saturated heterocycles. The van der Waals surface area contributed by atoms with E-state index in [2.05, 4.69) is 15.5 Å². The van der Waals surface area contributed by atoms with Gasteiger partial charge in [0.05, 0.1) is 15.0 Å². The fourth-order valence-electron chi connectivity index (χ4n) is 3.55. The van der Waals surface area contributed by atoms with E-state index in [9.17, 15) is 23.7 Å². The van der Waals surface area contributed by atoms with Gasteiger partial charge in [0.15, 0.2) is 4.34 Å². The fourth-order valence-corrected chi connectivity index (χ4v) is 8.94. The van der Waals surface area contributed by atoms with Gasteiger partial charge in [0, 0.05) is 25.0 Å². The number of aromatic nitrogens is 2. The van der Waals surface area contributed by atoms with Crippen molar-refractivity contribution in [2.24, 2.45) is 5.73 Å². The molecule has 0 saturated carbocycles. The number of hydrogen-bond acceptors (Lipinski definition) is 12. The number of rotatable bonds is 11. The summed E-state index contributed by atoms with van der Waals surface area (Å²) in [6, 6.07) is 3.40. The molecular formula is C19H21N5O6S5. The first-order chi connectivity index (χ1) is 16.8. The van der Waals surface area contributed by atoms with Gasteiger partial charge >= 0.3 is 5.97 Å². The van der Waals surface area contributed by atoms with Crippen molar-refractivity contribution in [1.29, 1.82) is 0 Å². The van der Waals surface area contributed by atoms with Crippen LogP contribution in [-0.2, 0) is 36.3 Å². The number of nitrogens with two attached hydrogens (primary N) is 1. The van der Waals surface area contributed by atoms with E-state index in [0.29, 0.717) is 38.6 Å². The van der Waals surface area contributed by atoms with E-state index in [1.807, 2.05) is 0 Å². The second kappa shape index (κ2) is 11.1. The standard InChI is InChI=1S/C19H21N5O6S5/c1-30-19(21-11(25)9-35(29)13-3-2-6-31-13)16(28)24-14(15(26)27)10(7-32-17(19)24)8-33-18-23-22-12(34-18)4-5-20/h2-3,6,17H,4-5,7-9,20H2,1H3,(H,21,25)(H,26,27)/t17-,19-,35?/m0/s1. The van der Waals surface area contributed by atoms with Crippen molar-refractivity contribution in [2.75, 3.05) is 30.9 Å². The Bertz CT molecular complexity index is 1180. The first-order valence-corrected chi connectivity index (χ1v) is 15.2. The molecule has 1 fully saturated rings. The molecule has 11 nitrogen and oxygen atoms in total. The molecule has 0 aliphatic carbocycles. The molecule has 188 valence electrons. The molecule has 35 heavy (non-hydrogen) atoms. The number of carbonyl (C=O) groups excluding carboxylic acids is 2. The van der Waals surface area contributed by atoms with Crippen LogP contribution in [0.1, 0.15) is 5.01 Å². The summed E-state index contributed by atoms with van der Waals surface area (Å²) in [6.45, 7) is 0.463.